The molecule has 1 aliphatic rings. The first-order valence-corrected chi connectivity index (χ1v) is 5.22. The summed E-state index contributed by atoms with van der Waals surface area (Å²) in [6.45, 7) is 3.38. The minimum atomic E-state index is -0.0806. The number of ketones is 1. The van der Waals surface area contributed by atoms with E-state index in [4.69, 9.17) is 0 Å². The molecule has 16 heavy (non-hydrogen) atoms. The minimum Gasteiger partial charge on any atom is -0.301 e. The predicted octanol–water partition coefficient (Wildman–Crippen LogP) is 1.94. The molecule has 1 atom stereocenters. The van der Waals surface area contributed by atoms with Gasteiger partial charge in [-0.3, -0.25) is 9.59 Å². The zero-order chi connectivity index (χ0) is 11.7. The molecule has 2 rings (SSSR count). The van der Waals surface area contributed by atoms with Crippen molar-refractivity contribution in [2.45, 2.75) is 19.9 Å². The van der Waals surface area contributed by atoms with E-state index in [1.165, 1.54) is 13.0 Å². The van der Waals surface area contributed by atoms with Crippen LogP contribution in [0, 0.1) is 0 Å². The van der Waals surface area contributed by atoms with Gasteiger partial charge in [0.25, 0.3) is 5.91 Å². The van der Waals surface area contributed by atoms with Crippen molar-refractivity contribution in [2.75, 3.05) is 4.90 Å². The monoisotopic (exact) mass is 215 g/mol. The molecule has 1 aromatic carbocycles. The van der Waals surface area contributed by atoms with Crippen molar-refractivity contribution >= 4 is 17.4 Å². The molecule has 0 aromatic heterocycles. The molecule has 1 aliphatic heterocycles. The van der Waals surface area contributed by atoms with Gasteiger partial charge in [0, 0.05) is 11.3 Å². The molecular formula is C13H13NO2. The second-order valence-corrected chi connectivity index (χ2v) is 3.90. The van der Waals surface area contributed by atoms with Crippen LogP contribution in [0.3, 0.4) is 0 Å². The van der Waals surface area contributed by atoms with Gasteiger partial charge in [-0.05, 0) is 32.1 Å². The number of anilines is 1. The van der Waals surface area contributed by atoms with E-state index in [2.05, 4.69) is 0 Å². The lowest BCUT2D eigenvalue weighted by Gasteiger charge is -2.40. The maximum absolute atomic E-state index is 11.8. The SMILES string of the molecule is CC(=O)/C=C1\C(=O)N(c2ccccc2)C1C. The van der Waals surface area contributed by atoms with Crippen LogP contribution in [-0.4, -0.2) is 17.7 Å². The molecule has 0 aliphatic carbocycles. The van der Waals surface area contributed by atoms with E-state index in [0.29, 0.717) is 5.57 Å². The Labute approximate surface area is 94.4 Å². The zero-order valence-electron chi connectivity index (χ0n) is 9.31. The van der Waals surface area contributed by atoms with Gasteiger partial charge in [0.1, 0.15) is 0 Å². The molecule has 0 N–H and O–H groups in total. The van der Waals surface area contributed by atoms with Crippen molar-refractivity contribution in [1.82, 2.24) is 0 Å². The normalized spacial score (nSPS) is 22.1. The van der Waals surface area contributed by atoms with Gasteiger partial charge in [0.2, 0.25) is 0 Å². The number of nitrogens with zero attached hydrogens (tertiary/aromatic N) is 1. The van der Waals surface area contributed by atoms with E-state index in [9.17, 15) is 9.59 Å². The molecule has 0 saturated carbocycles. The van der Waals surface area contributed by atoms with Crippen LogP contribution < -0.4 is 4.90 Å². The van der Waals surface area contributed by atoms with Gasteiger partial charge < -0.3 is 4.90 Å². The van der Waals surface area contributed by atoms with E-state index in [0.717, 1.165) is 5.69 Å². The molecule has 1 amide bonds. The maximum atomic E-state index is 11.8. The van der Waals surface area contributed by atoms with Crippen LogP contribution in [0.4, 0.5) is 5.69 Å². The van der Waals surface area contributed by atoms with E-state index in [1.54, 1.807) is 4.90 Å². The number of rotatable bonds is 2. The molecule has 0 spiro atoms. The van der Waals surface area contributed by atoms with Crippen LogP contribution in [0.1, 0.15) is 13.8 Å². The smallest absolute Gasteiger partial charge is 0.256 e. The summed E-state index contributed by atoms with van der Waals surface area (Å²) in [5.41, 5.74) is 1.47. The summed E-state index contributed by atoms with van der Waals surface area (Å²) in [5, 5.41) is 0. The lowest BCUT2D eigenvalue weighted by molar-refractivity contribution is -0.119. The Bertz CT molecular complexity index is 462. The van der Waals surface area contributed by atoms with Crippen molar-refractivity contribution in [3.63, 3.8) is 0 Å². The van der Waals surface area contributed by atoms with Crippen molar-refractivity contribution < 1.29 is 9.59 Å². The molecule has 1 heterocycles. The van der Waals surface area contributed by atoms with Gasteiger partial charge in [-0.1, -0.05) is 18.2 Å². The van der Waals surface area contributed by atoms with Gasteiger partial charge in [0.05, 0.1) is 6.04 Å². The van der Waals surface area contributed by atoms with Gasteiger partial charge in [-0.15, -0.1) is 0 Å². The number of carbonyl (C=O) groups excluding carboxylic acids is 2. The topological polar surface area (TPSA) is 37.4 Å². The summed E-state index contributed by atoms with van der Waals surface area (Å²) >= 11 is 0. The van der Waals surface area contributed by atoms with Crippen molar-refractivity contribution in [3.05, 3.63) is 42.0 Å². The van der Waals surface area contributed by atoms with Gasteiger partial charge >= 0.3 is 0 Å². The molecule has 0 radical (unpaired) electrons. The highest BCUT2D eigenvalue weighted by Gasteiger charge is 2.39. The third kappa shape index (κ3) is 1.65. The van der Waals surface area contributed by atoms with Crippen LogP contribution in [-0.2, 0) is 9.59 Å². The maximum Gasteiger partial charge on any atom is 0.256 e. The van der Waals surface area contributed by atoms with Crippen molar-refractivity contribution in [1.29, 1.82) is 0 Å². The fourth-order valence-corrected chi connectivity index (χ4v) is 1.90. The molecule has 3 heteroatoms. The van der Waals surface area contributed by atoms with E-state index < -0.39 is 0 Å². The third-order valence-electron chi connectivity index (χ3n) is 2.70. The van der Waals surface area contributed by atoms with Gasteiger partial charge in [-0.25, -0.2) is 0 Å². The summed E-state index contributed by atoms with van der Waals surface area (Å²) in [6.07, 6.45) is 1.42. The quantitative estimate of drug-likeness (QED) is 0.558. The van der Waals surface area contributed by atoms with Crippen molar-refractivity contribution in [2.24, 2.45) is 0 Å². The first kappa shape index (κ1) is 10.6. The average Bonchev–Trinajstić information content (AvgIpc) is 2.28. The number of allylic oxidation sites excluding steroid dienone is 1. The van der Waals surface area contributed by atoms with Crippen LogP contribution in [0.5, 0.6) is 0 Å². The van der Waals surface area contributed by atoms with Crippen LogP contribution >= 0.6 is 0 Å². The Kier molecular flexibility index (Phi) is 2.60. The number of benzene rings is 1. The Morgan fingerprint density at radius 2 is 1.94 bits per heavy atom. The molecule has 1 saturated heterocycles. The van der Waals surface area contributed by atoms with E-state index in [-0.39, 0.29) is 17.7 Å². The largest absolute Gasteiger partial charge is 0.301 e. The number of carbonyl (C=O) groups is 2. The standard InChI is InChI=1S/C13H13NO2/c1-9(15)8-12-10(2)14(13(12)16)11-6-4-3-5-7-11/h3-8,10H,1-2H3/b12-8-. The molecule has 1 unspecified atom stereocenters. The van der Waals surface area contributed by atoms with Crippen LogP contribution in [0.2, 0.25) is 0 Å². The summed E-state index contributed by atoms with van der Waals surface area (Å²) in [7, 11) is 0. The summed E-state index contributed by atoms with van der Waals surface area (Å²) < 4.78 is 0. The van der Waals surface area contributed by atoms with Gasteiger partial charge in [0.15, 0.2) is 5.78 Å². The second-order valence-electron chi connectivity index (χ2n) is 3.90. The van der Waals surface area contributed by atoms with Crippen LogP contribution in [0.25, 0.3) is 0 Å². The highest BCUT2D eigenvalue weighted by Crippen LogP contribution is 2.31. The van der Waals surface area contributed by atoms with Crippen LogP contribution in [0.15, 0.2) is 42.0 Å². The third-order valence-corrected chi connectivity index (χ3v) is 2.70. The van der Waals surface area contributed by atoms with Crippen molar-refractivity contribution in [3.8, 4) is 0 Å². The zero-order valence-corrected chi connectivity index (χ0v) is 9.31. The fraction of sp³-hybridized carbons (Fsp3) is 0.231. The van der Waals surface area contributed by atoms with E-state index in [1.807, 2.05) is 37.3 Å². The lowest BCUT2D eigenvalue weighted by Crippen LogP contribution is -2.54. The average molecular weight is 215 g/mol. The number of para-hydroxylation sites is 1. The Morgan fingerprint density at radius 3 is 2.44 bits per heavy atom. The molecule has 1 aromatic rings. The predicted molar refractivity (Wildman–Crippen MR) is 62.2 cm³/mol. The summed E-state index contributed by atoms with van der Waals surface area (Å²) in [4.78, 5) is 24.4. The number of β-lactam (4-membered cyclic amide) rings is 1. The second kappa shape index (κ2) is 3.93. The first-order chi connectivity index (χ1) is 7.61. The first-order valence-electron chi connectivity index (χ1n) is 5.22. The Morgan fingerprint density at radius 1 is 1.31 bits per heavy atom. The van der Waals surface area contributed by atoms with Gasteiger partial charge in [-0.2, -0.15) is 0 Å². The Balaban J connectivity index is 2.25. The minimum absolute atomic E-state index is 0.0150. The molecule has 3 nitrogen and oxygen atoms in total. The highest BCUT2D eigenvalue weighted by molar-refractivity contribution is 6.17. The number of hydrogen-bond acceptors (Lipinski definition) is 2. The Hall–Kier alpha value is -1.90. The molecule has 1 fully saturated rings. The molecule has 0 bridgehead atoms. The highest BCUT2D eigenvalue weighted by atomic mass is 16.2. The number of amides is 1. The fourth-order valence-electron chi connectivity index (χ4n) is 1.90. The molecule has 82 valence electrons. The van der Waals surface area contributed by atoms with E-state index >= 15 is 0 Å². The lowest BCUT2D eigenvalue weighted by atomic mass is 9.94. The summed E-state index contributed by atoms with van der Waals surface area (Å²) in [6, 6.07) is 9.45. The molecular weight excluding hydrogens is 202 g/mol. The summed E-state index contributed by atoms with van der Waals surface area (Å²) in [5.74, 6) is -0.156. The number of hydrogen-bond donors (Lipinski definition) is 0.